The minimum atomic E-state index is -3.52. The van der Waals surface area contributed by atoms with E-state index >= 15 is 0 Å². The summed E-state index contributed by atoms with van der Waals surface area (Å²) < 4.78 is 28.1. The van der Waals surface area contributed by atoms with E-state index in [0.717, 1.165) is 49.9 Å². The molecule has 26 heavy (non-hydrogen) atoms. The van der Waals surface area contributed by atoms with E-state index in [9.17, 15) is 13.2 Å². The lowest BCUT2D eigenvalue weighted by Crippen LogP contribution is -2.47. The molecule has 1 aromatic rings. The summed E-state index contributed by atoms with van der Waals surface area (Å²) in [6, 6.07) is 5.55. The maximum Gasteiger partial charge on any atom is 0.243 e. The molecule has 4 rings (SSSR count). The number of hydrogen-bond donors (Lipinski definition) is 0. The van der Waals surface area contributed by atoms with Crippen LogP contribution in [0.2, 0.25) is 0 Å². The first-order valence-corrected chi connectivity index (χ1v) is 11.0. The van der Waals surface area contributed by atoms with Gasteiger partial charge in [0.05, 0.1) is 4.90 Å². The standard InChI is InChI=1S/C19H27N3O3S/c1-20-10-12-22(13-11-20)26(24,25)18-7-3-4-15-8-9-21(14-17(15)18)19(23)16-5-2-6-16/h3-4,7,16H,2,5-6,8-14H2,1H3. The Labute approximate surface area is 155 Å². The lowest BCUT2D eigenvalue weighted by atomic mass is 9.84. The van der Waals surface area contributed by atoms with Gasteiger partial charge >= 0.3 is 0 Å². The van der Waals surface area contributed by atoms with Crippen molar-refractivity contribution in [3.05, 3.63) is 29.3 Å². The molecule has 3 aliphatic rings. The van der Waals surface area contributed by atoms with Gasteiger partial charge in [0.25, 0.3) is 0 Å². The van der Waals surface area contributed by atoms with Gasteiger partial charge < -0.3 is 9.80 Å². The van der Waals surface area contributed by atoms with Crippen LogP contribution in [0.15, 0.2) is 23.1 Å². The second-order valence-electron chi connectivity index (χ2n) is 7.74. The normalized spacial score (nSPS) is 22.7. The topological polar surface area (TPSA) is 60.9 Å². The van der Waals surface area contributed by atoms with Crippen LogP contribution in [0.1, 0.15) is 30.4 Å². The van der Waals surface area contributed by atoms with E-state index in [1.54, 1.807) is 10.4 Å². The molecule has 0 atom stereocenters. The fraction of sp³-hybridized carbons (Fsp3) is 0.632. The van der Waals surface area contributed by atoms with Crippen molar-refractivity contribution in [1.29, 1.82) is 0 Å². The third-order valence-corrected chi connectivity index (χ3v) is 8.06. The molecule has 2 aliphatic heterocycles. The van der Waals surface area contributed by atoms with Crippen LogP contribution in [-0.4, -0.2) is 68.2 Å². The molecular weight excluding hydrogens is 350 g/mol. The molecule has 142 valence electrons. The van der Waals surface area contributed by atoms with E-state index in [4.69, 9.17) is 0 Å². The zero-order valence-electron chi connectivity index (χ0n) is 15.4. The number of hydrogen-bond acceptors (Lipinski definition) is 4. The Balaban J connectivity index is 1.61. The van der Waals surface area contributed by atoms with E-state index in [1.807, 2.05) is 24.1 Å². The Hall–Kier alpha value is -1.44. The predicted molar refractivity (Wildman–Crippen MR) is 99.2 cm³/mol. The maximum atomic E-state index is 13.2. The van der Waals surface area contributed by atoms with Crippen LogP contribution in [0.3, 0.4) is 0 Å². The Morgan fingerprint density at radius 1 is 1.08 bits per heavy atom. The average Bonchev–Trinajstić information content (AvgIpc) is 2.59. The second kappa shape index (κ2) is 6.94. The fourth-order valence-corrected chi connectivity index (χ4v) is 5.74. The summed E-state index contributed by atoms with van der Waals surface area (Å²) in [6.07, 6.45) is 3.82. The highest BCUT2D eigenvalue weighted by Crippen LogP contribution is 2.33. The SMILES string of the molecule is CN1CCN(S(=O)(=O)c2cccc3c2CN(C(=O)C2CCC2)CC3)CC1. The largest absolute Gasteiger partial charge is 0.338 e. The summed E-state index contributed by atoms with van der Waals surface area (Å²) >= 11 is 0. The number of carbonyl (C=O) groups excluding carboxylic acids is 1. The van der Waals surface area contributed by atoms with Gasteiger partial charge in [-0.1, -0.05) is 18.6 Å². The van der Waals surface area contributed by atoms with E-state index in [0.29, 0.717) is 31.1 Å². The minimum Gasteiger partial charge on any atom is -0.338 e. The van der Waals surface area contributed by atoms with Gasteiger partial charge in [0.1, 0.15) is 0 Å². The van der Waals surface area contributed by atoms with Crippen LogP contribution < -0.4 is 0 Å². The van der Waals surface area contributed by atoms with Crippen LogP contribution in [0.5, 0.6) is 0 Å². The summed E-state index contributed by atoms with van der Waals surface area (Å²) in [7, 11) is -1.51. The number of likely N-dealkylation sites (N-methyl/N-ethyl adjacent to an activating group) is 1. The lowest BCUT2D eigenvalue weighted by molar-refractivity contribution is -0.139. The molecule has 1 aromatic carbocycles. The fourth-order valence-electron chi connectivity index (χ4n) is 4.06. The van der Waals surface area contributed by atoms with Gasteiger partial charge in [0.2, 0.25) is 15.9 Å². The van der Waals surface area contributed by atoms with Crippen LogP contribution in [0.4, 0.5) is 0 Å². The van der Waals surface area contributed by atoms with Gasteiger partial charge in [0.15, 0.2) is 0 Å². The zero-order valence-corrected chi connectivity index (χ0v) is 16.2. The zero-order chi connectivity index (χ0) is 18.3. The van der Waals surface area contributed by atoms with Crippen molar-refractivity contribution in [3.8, 4) is 0 Å². The Morgan fingerprint density at radius 2 is 1.81 bits per heavy atom. The first-order chi connectivity index (χ1) is 12.5. The average molecular weight is 378 g/mol. The van der Waals surface area contributed by atoms with Crippen molar-refractivity contribution in [1.82, 2.24) is 14.1 Å². The van der Waals surface area contributed by atoms with E-state index in [2.05, 4.69) is 4.90 Å². The number of amides is 1. The van der Waals surface area contributed by atoms with E-state index in [1.165, 1.54) is 0 Å². The van der Waals surface area contributed by atoms with E-state index < -0.39 is 10.0 Å². The van der Waals surface area contributed by atoms with Gasteiger partial charge in [-0.3, -0.25) is 4.79 Å². The molecule has 0 spiro atoms. The van der Waals surface area contributed by atoms with Gasteiger partial charge in [-0.15, -0.1) is 0 Å². The molecule has 1 aliphatic carbocycles. The Bertz CT molecular complexity index is 796. The predicted octanol–water partition coefficient (Wildman–Crippen LogP) is 1.31. The number of carbonyl (C=O) groups is 1. The van der Waals surface area contributed by atoms with Crippen LogP contribution >= 0.6 is 0 Å². The smallest absolute Gasteiger partial charge is 0.243 e. The third kappa shape index (κ3) is 3.17. The molecule has 2 heterocycles. The summed E-state index contributed by atoms with van der Waals surface area (Å²) in [5.74, 6) is 0.353. The highest BCUT2D eigenvalue weighted by Gasteiger charge is 2.35. The molecule has 0 radical (unpaired) electrons. The maximum absolute atomic E-state index is 13.2. The highest BCUT2D eigenvalue weighted by atomic mass is 32.2. The van der Waals surface area contributed by atoms with Crippen LogP contribution in [0.25, 0.3) is 0 Å². The quantitative estimate of drug-likeness (QED) is 0.797. The summed E-state index contributed by atoms with van der Waals surface area (Å²) in [6.45, 7) is 3.66. The monoisotopic (exact) mass is 377 g/mol. The van der Waals surface area contributed by atoms with E-state index in [-0.39, 0.29) is 11.8 Å². The van der Waals surface area contributed by atoms with Gasteiger partial charge in [0, 0.05) is 45.2 Å². The summed E-state index contributed by atoms with van der Waals surface area (Å²) in [5.41, 5.74) is 1.89. The van der Waals surface area contributed by atoms with Gasteiger partial charge in [-0.25, -0.2) is 8.42 Å². The van der Waals surface area contributed by atoms with Crippen LogP contribution in [0, 0.1) is 5.92 Å². The van der Waals surface area contributed by atoms with Crippen molar-refractivity contribution in [3.63, 3.8) is 0 Å². The molecule has 1 saturated carbocycles. The van der Waals surface area contributed by atoms with Gasteiger partial charge in [-0.05, 0) is 43.5 Å². The Kier molecular flexibility index (Phi) is 4.79. The van der Waals surface area contributed by atoms with Crippen molar-refractivity contribution < 1.29 is 13.2 Å². The number of benzene rings is 1. The molecule has 0 unspecified atom stereocenters. The molecular formula is C19H27N3O3S. The summed E-state index contributed by atoms with van der Waals surface area (Å²) in [4.78, 5) is 17.1. The third-order valence-electron chi connectivity index (χ3n) is 6.08. The molecule has 0 N–H and O–H groups in total. The van der Waals surface area contributed by atoms with Crippen molar-refractivity contribution in [2.75, 3.05) is 39.8 Å². The van der Waals surface area contributed by atoms with Crippen molar-refractivity contribution in [2.24, 2.45) is 5.92 Å². The molecule has 1 amide bonds. The minimum absolute atomic E-state index is 0.151. The van der Waals surface area contributed by atoms with Crippen LogP contribution in [-0.2, 0) is 27.8 Å². The molecule has 6 nitrogen and oxygen atoms in total. The van der Waals surface area contributed by atoms with Crippen molar-refractivity contribution in [2.45, 2.75) is 37.1 Å². The summed E-state index contributed by atoms with van der Waals surface area (Å²) in [5, 5.41) is 0. The first kappa shape index (κ1) is 17.9. The Morgan fingerprint density at radius 3 is 2.46 bits per heavy atom. The number of fused-ring (bicyclic) bond motifs is 1. The van der Waals surface area contributed by atoms with Gasteiger partial charge in [-0.2, -0.15) is 4.31 Å². The lowest BCUT2D eigenvalue weighted by Gasteiger charge is -2.36. The number of piperazine rings is 1. The molecule has 0 bridgehead atoms. The number of nitrogens with zero attached hydrogens (tertiary/aromatic N) is 3. The first-order valence-electron chi connectivity index (χ1n) is 9.55. The molecule has 0 aromatic heterocycles. The highest BCUT2D eigenvalue weighted by molar-refractivity contribution is 7.89. The van der Waals surface area contributed by atoms with Crippen molar-refractivity contribution >= 4 is 15.9 Å². The molecule has 1 saturated heterocycles. The number of sulfonamides is 1. The molecule has 2 fully saturated rings. The number of rotatable bonds is 3. The second-order valence-corrected chi connectivity index (χ2v) is 9.65. The molecule has 7 heteroatoms.